The first-order chi connectivity index (χ1) is 25.2. The van der Waals surface area contributed by atoms with E-state index in [9.17, 15) is 15.0 Å². The fourth-order valence-corrected chi connectivity index (χ4v) is 13.4. The minimum absolute atomic E-state index is 0.0327. The maximum absolute atomic E-state index is 13.4. The van der Waals surface area contributed by atoms with E-state index in [1.807, 2.05) is 0 Å². The molecule has 0 radical (unpaired) electrons. The summed E-state index contributed by atoms with van der Waals surface area (Å²) in [5.74, 6) is -0.410. The summed E-state index contributed by atoms with van der Waals surface area (Å²) in [6.45, 7) is 6.07. The smallest absolute Gasteiger partial charge is 0.305 e. The van der Waals surface area contributed by atoms with Gasteiger partial charge in [0, 0.05) is 76.4 Å². The van der Waals surface area contributed by atoms with Crippen molar-refractivity contribution in [3.63, 3.8) is 0 Å². The first-order valence-corrected chi connectivity index (χ1v) is 21.0. The quantitative estimate of drug-likeness (QED) is 0.0765. The van der Waals surface area contributed by atoms with Gasteiger partial charge >= 0.3 is 5.97 Å². The zero-order valence-electron chi connectivity index (χ0n) is 33.2. The van der Waals surface area contributed by atoms with Gasteiger partial charge in [0.25, 0.3) is 0 Å². The molecule has 5 aliphatic carbocycles. The van der Waals surface area contributed by atoms with Gasteiger partial charge in [-0.05, 0) is 70.3 Å². The minimum Gasteiger partial charge on any atom is -0.465 e. The SMILES string of the molecule is CCCCC/C=C\C/C=C\CCCCCCCC(=O)OC[C@]12CC[C@H](OC)[C@]34C(N(CC)C1)[C@](O)([C@@H](OC)[C@H]23)[C@@]1(O)C[C@H](OC)[C@H]2C[C@@H]4[C@@H]1[C@H]2OC. The lowest BCUT2D eigenvalue weighted by Crippen LogP contribution is -2.82. The molecule has 6 aliphatic rings. The Balaban J connectivity index is 1.10. The van der Waals surface area contributed by atoms with Crippen molar-refractivity contribution in [3.8, 4) is 0 Å². The van der Waals surface area contributed by atoms with Crippen LogP contribution in [0, 0.1) is 34.5 Å². The fourth-order valence-electron chi connectivity index (χ4n) is 13.4. The molecule has 0 aromatic heterocycles. The number of allylic oxidation sites excluding steroid dienone is 4. The number of fused-ring (bicyclic) bond motifs is 2. The highest BCUT2D eigenvalue weighted by molar-refractivity contribution is 5.69. The van der Waals surface area contributed by atoms with E-state index < -0.39 is 28.1 Å². The fraction of sp³-hybridized carbons (Fsp3) is 0.884. The number of unbranched alkanes of at least 4 members (excludes halogenated alkanes) is 8. The number of carbonyl (C=O) groups excluding carboxylic acids is 1. The predicted molar refractivity (Wildman–Crippen MR) is 202 cm³/mol. The number of likely N-dealkylation sites (N-methyl/N-ethyl adjacent to an activating group) is 1. The van der Waals surface area contributed by atoms with Crippen LogP contribution in [0.5, 0.6) is 0 Å². The first kappa shape index (κ1) is 40.3. The van der Waals surface area contributed by atoms with E-state index in [2.05, 4.69) is 43.1 Å². The lowest BCUT2D eigenvalue weighted by atomic mass is 9.42. The van der Waals surface area contributed by atoms with Gasteiger partial charge < -0.3 is 33.9 Å². The third kappa shape index (κ3) is 6.28. The summed E-state index contributed by atoms with van der Waals surface area (Å²) in [5, 5.41) is 26.5. The third-order valence-corrected chi connectivity index (χ3v) is 15.2. The predicted octanol–water partition coefficient (Wildman–Crippen LogP) is 6.64. The second kappa shape index (κ2) is 16.8. The number of hydrogen-bond donors (Lipinski definition) is 2. The lowest BCUT2D eigenvalue weighted by molar-refractivity contribution is -0.320. The number of esters is 1. The van der Waals surface area contributed by atoms with E-state index in [1.54, 1.807) is 28.4 Å². The van der Waals surface area contributed by atoms with Crippen molar-refractivity contribution < 1.29 is 38.7 Å². The number of hydrogen-bond acceptors (Lipinski definition) is 9. The summed E-state index contributed by atoms with van der Waals surface area (Å²) in [5.41, 5.74) is -4.00. The second-order valence-corrected chi connectivity index (χ2v) is 17.3. The summed E-state index contributed by atoms with van der Waals surface area (Å²) >= 11 is 0. The highest BCUT2D eigenvalue weighted by Gasteiger charge is 2.91. The van der Waals surface area contributed by atoms with Gasteiger partial charge in [-0.15, -0.1) is 0 Å². The number of rotatable bonds is 21. The molecule has 1 unspecified atom stereocenters. The Morgan fingerprint density at radius 2 is 1.58 bits per heavy atom. The van der Waals surface area contributed by atoms with Crippen molar-refractivity contribution in [1.82, 2.24) is 4.90 Å². The van der Waals surface area contributed by atoms with Gasteiger partial charge in [0.2, 0.25) is 0 Å². The molecule has 1 saturated heterocycles. The molecular weight excluding hydrogens is 658 g/mol. The third-order valence-electron chi connectivity index (χ3n) is 15.2. The van der Waals surface area contributed by atoms with Crippen molar-refractivity contribution in [1.29, 1.82) is 0 Å². The molecule has 2 N–H and O–H groups in total. The van der Waals surface area contributed by atoms with E-state index in [-0.39, 0.29) is 54.0 Å². The monoisotopic (exact) mass is 730 g/mol. The van der Waals surface area contributed by atoms with Gasteiger partial charge in [-0.25, -0.2) is 0 Å². The molecule has 9 nitrogen and oxygen atoms in total. The minimum atomic E-state index is -1.58. The van der Waals surface area contributed by atoms with Crippen LogP contribution in [0.4, 0.5) is 0 Å². The van der Waals surface area contributed by atoms with Gasteiger partial charge in [0.05, 0.1) is 37.1 Å². The van der Waals surface area contributed by atoms with Crippen LogP contribution in [0.3, 0.4) is 0 Å². The molecule has 13 atom stereocenters. The molecule has 0 aromatic rings. The van der Waals surface area contributed by atoms with E-state index in [1.165, 1.54) is 38.5 Å². The summed E-state index contributed by atoms with van der Waals surface area (Å²) in [4.78, 5) is 15.7. The molecule has 0 amide bonds. The number of ether oxygens (including phenoxy) is 5. The molecule has 9 heteroatoms. The summed E-state index contributed by atoms with van der Waals surface area (Å²) < 4.78 is 31.4. The van der Waals surface area contributed by atoms with E-state index in [4.69, 9.17) is 23.7 Å². The lowest BCUT2D eigenvalue weighted by Gasteiger charge is -2.70. The summed E-state index contributed by atoms with van der Waals surface area (Å²) in [6.07, 6.45) is 23.7. The Kier molecular flexibility index (Phi) is 13.0. The van der Waals surface area contributed by atoms with E-state index >= 15 is 0 Å². The van der Waals surface area contributed by atoms with Crippen LogP contribution in [-0.2, 0) is 28.5 Å². The zero-order valence-corrected chi connectivity index (χ0v) is 33.2. The van der Waals surface area contributed by atoms with Gasteiger partial charge in [-0.2, -0.15) is 0 Å². The van der Waals surface area contributed by atoms with Crippen molar-refractivity contribution in [2.45, 2.75) is 158 Å². The number of piperidine rings is 1. The Hall–Kier alpha value is -1.33. The molecule has 1 heterocycles. The van der Waals surface area contributed by atoms with Gasteiger partial charge in [-0.1, -0.05) is 70.3 Å². The normalized spacial score (nSPS) is 43.2. The van der Waals surface area contributed by atoms with Crippen LogP contribution in [-0.4, -0.2) is 111 Å². The number of methoxy groups -OCH3 is 4. The van der Waals surface area contributed by atoms with Crippen molar-refractivity contribution in [2.75, 3.05) is 48.1 Å². The van der Waals surface area contributed by atoms with Crippen LogP contribution in [0.15, 0.2) is 24.3 Å². The maximum atomic E-state index is 13.4. The molecule has 1 spiro atoms. The van der Waals surface area contributed by atoms with Crippen LogP contribution in [0.1, 0.15) is 117 Å². The Labute approximate surface area is 314 Å². The summed E-state index contributed by atoms with van der Waals surface area (Å²) in [7, 11) is 6.92. The van der Waals surface area contributed by atoms with Crippen molar-refractivity contribution in [2.24, 2.45) is 34.5 Å². The second-order valence-electron chi connectivity index (χ2n) is 17.3. The average Bonchev–Trinajstić information content (AvgIpc) is 3.57. The molecule has 0 aromatic carbocycles. The highest BCUT2D eigenvalue weighted by atomic mass is 16.5. The van der Waals surface area contributed by atoms with Crippen molar-refractivity contribution >= 4 is 5.97 Å². The molecule has 6 fully saturated rings. The molecule has 296 valence electrons. The maximum Gasteiger partial charge on any atom is 0.305 e. The molecule has 1 aliphatic heterocycles. The molecule has 7 bridgehead atoms. The van der Waals surface area contributed by atoms with E-state index in [0.29, 0.717) is 32.5 Å². The molecule has 6 rings (SSSR count). The number of likely N-dealkylation sites (tertiary alicyclic amines) is 1. The van der Waals surface area contributed by atoms with Crippen molar-refractivity contribution in [3.05, 3.63) is 24.3 Å². The Bertz CT molecular complexity index is 1260. The van der Waals surface area contributed by atoms with Crippen LogP contribution < -0.4 is 0 Å². The number of carbonyl (C=O) groups is 1. The number of aliphatic hydroxyl groups is 2. The highest BCUT2D eigenvalue weighted by Crippen LogP contribution is 2.80. The summed E-state index contributed by atoms with van der Waals surface area (Å²) in [6, 6.07) is -0.361. The Morgan fingerprint density at radius 1 is 0.865 bits per heavy atom. The van der Waals surface area contributed by atoms with E-state index in [0.717, 1.165) is 51.4 Å². The largest absolute Gasteiger partial charge is 0.465 e. The topological polar surface area (TPSA) is 107 Å². The standard InChI is InChI=1S/C43H71NO8/c1-7-9-10-11-12-13-14-15-16-17-18-19-20-21-22-23-34(45)52-29-40-25-24-33(49-4)42-31-26-30-32(48-3)27-41(46,35(31)36(30)50-5)43(47,38(51-6)37(40)42)39(42)44(8-2)28-40/h12-13,15-16,30-33,35-39,46-47H,7-11,14,17-29H2,1-6H3/b13-12-,16-15-/t30-,31-,32+,33+,35-,36+,37-,38+,39?,40+,41-,42+,43-/m1/s1. The van der Waals surface area contributed by atoms with Crippen LogP contribution in [0.25, 0.3) is 0 Å². The van der Waals surface area contributed by atoms with Crippen LogP contribution in [0.2, 0.25) is 0 Å². The van der Waals surface area contributed by atoms with Crippen LogP contribution >= 0.6 is 0 Å². The van der Waals surface area contributed by atoms with Gasteiger partial charge in [0.15, 0.2) is 0 Å². The molecule has 52 heavy (non-hydrogen) atoms. The average molecular weight is 730 g/mol. The van der Waals surface area contributed by atoms with Gasteiger partial charge in [-0.3, -0.25) is 9.69 Å². The van der Waals surface area contributed by atoms with Gasteiger partial charge in [0.1, 0.15) is 11.2 Å². The Morgan fingerprint density at radius 3 is 2.23 bits per heavy atom. The molecular formula is C43H71NO8. The first-order valence-electron chi connectivity index (χ1n) is 21.0. The molecule has 5 saturated carbocycles. The number of nitrogens with zero attached hydrogens (tertiary/aromatic N) is 1. The zero-order chi connectivity index (χ0) is 37.1.